The molecule has 2 aliphatic heterocycles. The SMILES string of the molecule is CN1CCC(CN2CCN(C(=O)c3cnoc3-c3ccccc3)CC2)CC1. The molecule has 0 bridgehead atoms. The van der Waals surface area contributed by atoms with Crippen LogP contribution in [-0.4, -0.2) is 78.6 Å². The van der Waals surface area contributed by atoms with Gasteiger partial charge in [0.1, 0.15) is 5.56 Å². The van der Waals surface area contributed by atoms with Gasteiger partial charge in [-0.2, -0.15) is 0 Å². The molecule has 1 aromatic carbocycles. The summed E-state index contributed by atoms with van der Waals surface area (Å²) in [5.41, 5.74) is 1.45. The minimum Gasteiger partial charge on any atom is -0.355 e. The number of hydrogen-bond donors (Lipinski definition) is 0. The first-order valence-electron chi connectivity index (χ1n) is 9.91. The van der Waals surface area contributed by atoms with E-state index >= 15 is 0 Å². The maximum absolute atomic E-state index is 13.0. The van der Waals surface area contributed by atoms with Gasteiger partial charge in [0, 0.05) is 38.3 Å². The van der Waals surface area contributed by atoms with E-state index in [9.17, 15) is 4.79 Å². The Labute approximate surface area is 160 Å². The highest BCUT2D eigenvalue weighted by Gasteiger charge is 2.28. The van der Waals surface area contributed by atoms with Gasteiger partial charge in [-0.05, 0) is 38.9 Å². The Hall–Kier alpha value is -2.18. The lowest BCUT2D eigenvalue weighted by Crippen LogP contribution is -2.50. The van der Waals surface area contributed by atoms with Crippen molar-refractivity contribution in [2.75, 3.05) is 52.9 Å². The zero-order valence-corrected chi connectivity index (χ0v) is 16.0. The van der Waals surface area contributed by atoms with Crippen LogP contribution in [0.2, 0.25) is 0 Å². The Bertz CT molecular complexity index is 745. The summed E-state index contributed by atoms with van der Waals surface area (Å²) in [4.78, 5) is 19.9. The first kappa shape index (κ1) is 18.2. The van der Waals surface area contributed by atoms with Gasteiger partial charge >= 0.3 is 0 Å². The summed E-state index contributed by atoms with van der Waals surface area (Å²) in [6.07, 6.45) is 4.13. The smallest absolute Gasteiger partial charge is 0.259 e. The van der Waals surface area contributed by atoms with Crippen LogP contribution in [-0.2, 0) is 0 Å². The lowest BCUT2D eigenvalue weighted by molar-refractivity contribution is 0.0594. The molecule has 6 nitrogen and oxygen atoms in total. The number of likely N-dealkylation sites (tertiary alicyclic amines) is 1. The molecule has 0 unspecified atom stereocenters. The Balaban J connectivity index is 1.34. The van der Waals surface area contributed by atoms with Crippen molar-refractivity contribution < 1.29 is 9.32 Å². The largest absolute Gasteiger partial charge is 0.355 e. The Morgan fingerprint density at radius 1 is 1.07 bits per heavy atom. The van der Waals surface area contributed by atoms with Crippen molar-refractivity contribution in [3.63, 3.8) is 0 Å². The van der Waals surface area contributed by atoms with E-state index in [1.54, 1.807) is 6.20 Å². The maximum Gasteiger partial charge on any atom is 0.259 e. The molecule has 0 N–H and O–H groups in total. The molecule has 144 valence electrons. The molecular formula is C21H28N4O2. The third-order valence-corrected chi connectivity index (χ3v) is 5.85. The molecular weight excluding hydrogens is 340 g/mol. The Morgan fingerprint density at radius 2 is 1.78 bits per heavy atom. The quantitative estimate of drug-likeness (QED) is 0.830. The van der Waals surface area contributed by atoms with Gasteiger partial charge in [-0.15, -0.1) is 0 Å². The summed E-state index contributed by atoms with van der Waals surface area (Å²) in [7, 11) is 2.20. The van der Waals surface area contributed by atoms with Gasteiger partial charge in [0.2, 0.25) is 0 Å². The summed E-state index contributed by atoms with van der Waals surface area (Å²) in [5, 5.41) is 3.88. The molecule has 2 fully saturated rings. The minimum absolute atomic E-state index is 0.0223. The molecule has 0 aliphatic carbocycles. The summed E-state index contributed by atoms with van der Waals surface area (Å²) in [5.74, 6) is 1.38. The molecule has 6 heteroatoms. The summed E-state index contributed by atoms with van der Waals surface area (Å²) in [6.45, 7) is 7.01. The zero-order valence-electron chi connectivity index (χ0n) is 16.0. The van der Waals surface area contributed by atoms with E-state index < -0.39 is 0 Å². The molecule has 1 aromatic heterocycles. The van der Waals surface area contributed by atoms with Gasteiger partial charge in [-0.25, -0.2) is 0 Å². The van der Waals surface area contributed by atoms with Gasteiger partial charge in [0.25, 0.3) is 5.91 Å². The van der Waals surface area contributed by atoms with Gasteiger partial charge in [-0.1, -0.05) is 35.5 Å². The van der Waals surface area contributed by atoms with Crippen LogP contribution in [0.25, 0.3) is 11.3 Å². The van der Waals surface area contributed by atoms with Crippen LogP contribution in [0.3, 0.4) is 0 Å². The van der Waals surface area contributed by atoms with Gasteiger partial charge < -0.3 is 14.3 Å². The molecule has 3 heterocycles. The van der Waals surface area contributed by atoms with E-state index in [1.165, 1.54) is 32.5 Å². The van der Waals surface area contributed by atoms with Crippen molar-refractivity contribution in [2.24, 2.45) is 5.92 Å². The number of piperidine rings is 1. The van der Waals surface area contributed by atoms with Crippen molar-refractivity contribution in [1.82, 2.24) is 19.9 Å². The molecule has 4 rings (SSSR count). The maximum atomic E-state index is 13.0. The fourth-order valence-electron chi connectivity index (χ4n) is 4.10. The summed E-state index contributed by atoms with van der Waals surface area (Å²) < 4.78 is 5.38. The third kappa shape index (κ3) is 4.22. The number of benzene rings is 1. The van der Waals surface area contributed by atoms with Crippen LogP contribution >= 0.6 is 0 Å². The second-order valence-electron chi connectivity index (χ2n) is 7.77. The number of aromatic nitrogens is 1. The molecule has 27 heavy (non-hydrogen) atoms. The topological polar surface area (TPSA) is 52.8 Å². The molecule has 0 spiro atoms. The van der Waals surface area contributed by atoms with Crippen molar-refractivity contribution in [3.05, 3.63) is 42.1 Å². The first-order valence-corrected chi connectivity index (χ1v) is 9.91. The number of amides is 1. The molecule has 2 aliphatic rings. The number of nitrogens with zero attached hydrogens (tertiary/aromatic N) is 4. The van der Waals surface area contributed by atoms with Crippen molar-refractivity contribution in [3.8, 4) is 11.3 Å². The number of hydrogen-bond acceptors (Lipinski definition) is 5. The summed E-state index contributed by atoms with van der Waals surface area (Å²) in [6, 6.07) is 9.71. The van der Waals surface area contributed by atoms with Crippen LogP contribution in [0.5, 0.6) is 0 Å². The van der Waals surface area contributed by atoms with E-state index in [0.29, 0.717) is 11.3 Å². The van der Waals surface area contributed by atoms with E-state index in [-0.39, 0.29) is 5.91 Å². The normalized spacial score (nSPS) is 20.1. The second kappa shape index (κ2) is 8.23. The fourth-order valence-corrected chi connectivity index (χ4v) is 4.10. The Morgan fingerprint density at radius 3 is 2.48 bits per heavy atom. The fraction of sp³-hybridized carbons (Fsp3) is 0.524. The lowest BCUT2D eigenvalue weighted by atomic mass is 9.96. The number of carbonyl (C=O) groups is 1. The average molecular weight is 368 g/mol. The Kier molecular flexibility index (Phi) is 5.55. The van der Waals surface area contributed by atoms with E-state index in [1.807, 2.05) is 35.2 Å². The summed E-state index contributed by atoms with van der Waals surface area (Å²) >= 11 is 0. The molecule has 0 radical (unpaired) electrons. The molecule has 1 amide bonds. The van der Waals surface area contributed by atoms with Crippen molar-refractivity contribution in [2.45, 2.75) is 12.8 Å². The van der Waals surface area contributed by atoms with Crippen LogP contribution < -0.4 is 0 Å². The van der Waals surface area contributed by atoms with Gasteiger partial charge in [-0.3, -0.25) is 9.69 Å². The van der Waals surface area contributed by atoms with Gasteiger partial charge in [0.05, 0.1) is 6.20 Å². The highest BCUT2D eigenvalue weighted by Crippen LogP contribution is 2.25. The van der Waals surface area contributed by atoms with Gasteiger partial charge in [0.15, 0.2) is 5.76 Å². The average Bonchev–Trinajstić information content (AvgIpc) is 3.20. The molecule has 2 aromatic rings. The standard InChI is InChI=1S/C21H28N4O2/c1-23-9-7-17(8-10-23)16-24-11-13-25(14-12-24)21(26)19-15-22-27-20(19)18-5-3-2-4-6-18/h2-6,15,17H,7-14,16H2,1H3. The van der Waals surface area contributed by atoms with Crippen LogP contribution in [0, 0.1) is 5.92 Å². The zero-order chi connectivity index (χ0) is 18.6. The third-order valence-electron chi connectivity index (χ3n) is 5.85. The molecule has 0 atom stereocenters. The van der Waals surface area contributed by atoms with E-state index in [0.717, 1.165) is 37.7 Å². The predicted octanol–water partition coefficient (Wildman–Crippen LogP) is 2.44. The monoisotopic (exact) mass is 368 g/mol. The molecule has 0 saturated carbocycles. The number of rotatable bonds is 4. The van der Waals surface area contributed by atoms with Crippen LogP contribution in [0.15, 0.2) is 41.1 Å². The lowest BCUT2D eigenvalue weighted by Gasteiger charge is -2.38. The minimum atomic E-state index is 0.0223. The van der Waals surface area contributed by atoms with Crippen LogP contribution in [0.1, 0.15) is 23.2 Å². The van der Waals surface area contributed by atoms with Crippen molar-refractivity contribution in [1.29, 1.82) is 0 Å². The number of carbonyl (C=O) groups excluding carboxylic acids is 1. The van der Waals surface area contributed by atoms with E-state index in [4.69, 9.17) is 4.52 Å². The van der Waals surface area contributed by atoms with Crippen LogP contribution in [0.4, 0.5) is 0 Å². The highest BCUT2D eigenvalue weighted by molar-refractivity contribution is 5.99. The second-order valence-corrected chi connectivity index (χ2v) is 7.77. The number of piperazine rings is 1. The van der Waals surface area contributed by atoms with E-state index in [2.05, 4.69) is 22.0 Å². The predicted molar refractivity (Wildman–Crippen MR) is 105 cm³/mol. The first-order chi connectivity index (χ1) is 13.2. The molecule has 2 saturated heterocycles. The van der Waals surface area contributed by atoms with Crippen molar-refractivity contribution >= 4 is 5.91 Å². The highest BCUT2D eigenvalue weighted by atomic mass is 16.5.